The summed E-state index contributed by atoms with van der Waals surface area (Å²) < 4.78 is 7.59. The van der Waals surface area contributed by atoms with Crippen molar-refractivity contribution in [2.45, 2.75) is 40.3 Å². The molecule has 2 N–H and O–H groups in total. The monoisotopic (exact) mass is 357 g/mol. The Bertz CT molecular complexity index is 690. The Morgan fingerprint density at radius 1 is 1.19 bits per heavy atom. The predicted molar refractivity (Wildman–Crippen MR) is 106 cm³/mol. The number of hydrogen-bond acceptors (Lipinski definition) is 3. The molecule has 0 spiro atoms. The third-order valence-electron chi connectivity index (χ3n) is 3.98. The number of aryl methyl sites for hydroxylation is 1. The molecular formula is C20H31N5O. The second-order valence-corrected chi connectivity index (χ2v) is 6.78. The van der Waals surface area contributed by atoms with Gasteiger partial charge in [-0.05, 0) is 43.5 Å². The molecule has 0 aliphatic carbocycles. The Morgan fingerprint density at radius 2 is 1.92 bits per heavy atom. The highest BCUT2D eigenvalue weighted by molar-refractivity contribution is 5.80. The Labute approximate surface area is 156 Å². The van der Waals surface area contributed by atoms with Gasteiger partial charge in [-0.1, -0.05) is 26.0 Å². The molecule has 2 rings (SSSR count). The van der Waals surface area contributed by atoms with E-state index in [9.17, 15) is 0 Å². The first-order chi connectivity index (χ1) is 12.5. The Hall–Kier alpha value is -2.50. The minimum absolute atomic E-state index is 0.137. The van der Waals surface area contributed by atoms with Crippen molar-refractivity contribution in [1.29, 1.82) is 0 Å². The fourth-order valence-corrected chi connectivity index (χ4v) is 2.44. The van der Waals surface area contributed by atoms with E-state index in [-0.39, 0.29) is 6.04 Å². The van der Waals surface area contributed by atoms with Crippen LogP contribution in [0.5, 0.6) is 5.75 Å². The molecule has 0 aliphatic heterocycles. The SMILES string of the molecule is CCNC(=NCc1ccnn1C)NC(C)c1ccc(OCC(C)C)cc1. The third-order valence-corrected chi connectivity index (χ3v) is 3.98. The minimum Gasteiger partial charge on any atom is -0.493 e. The summed E-state index contributed by atoms with van der Waals surface area (Å²) in [5.41, 5.74) is 2.26. The van der Waals surface area contributed by atoms with Crippen molar-refractivity contribution in [1.82, 2.24) is 20.4 Å². The molecule has 6 heteroatoms. The number of benzene rings is 1. The molecular weight excluding hydrogens is 326 g/mol. The average Bonchev–Trinajstić information content (AvgIpc) is 3.03. The van der Waals surface area contributed by atoms with Gasteiger partial charge in [-0.3, -0.25) is 4.68 Å². The van der Waals surface area contributed by atoms with Crippen LogP contribution in [0.25, 0.3) is 0 Å². The van der Waals surface area contributed by atoms with Gasteiger partial charge >= 0.3 is 0 Å². The van der Waals surface area contributed by atoms with Gasteiger partial charge in [0.25, 0.3) is 0 Å². The summed E-state index contributed by atoms with van der Waals surface area (Å²) in [6.07, 6.45) is 1.79. The number of nitrogens with zero attached hydrogens (tertiary/aromatic N) is 3. The van der Waals surface area contributed by atoms with Crippen LogP contribution in [0, 0.1) is 5.92 Å². The smallest absolute Gasteiger partial charge is 0.192 e. The van der Waals surface area contributed by atoms with Crippen molar-refractivity contribution in [3.8, 4) is 5.75 Å². The lowest BCUT2D eigenvalue weighted by Crippen LogP contribution is -2.38. The molecule has 26 heavy (non-hydrogen) atoms. The van der Waals surface area contributed by atoms with Crippen LogP contribution >= 0.6 is 0 Å². The number of aliphatic imine (C=N–C) groups is 1. The van der Waals surface area contributed by atoms with Gasteiger partial charge in [-0.2, -0.15) is 5.10 Å². The second-order valence-electron chi connectivity index (χ2n) is 6.78. The summed E-state index contributed by atoms with van der Waals surface area (Å²) >= 11 is 0. The molecule has 0 fully saturated rings. The Balaban J connectivity index is 1.97. The maximum Gasteiger partial charge on any atom is 0.192 e. The second kappa shape index (κ2) is 9.85. The fraction of sp³-hybridized carbons (Fsp3) is 0.500. The van der Waals surface area contributed by atoms with Crippen molar-refractivity contribution in [2.75, 3.05) is 13.2 Å². The van der Waals surface area contributed by atoms with Crippen molar-refractivity contribution in [3.05, 3.63) is 47.8 Å². The summed E-state index contributed by atoms with van der Waals surface area (Å²) in [5, 5.41) is 10.9. The highest BCUT2D eigenvalue weighted by Gasteiger charge is 2.09. The Morgan fingerprint density at radius 3 is 2.50 bits per heavy atom. The first-order valence-electron chi connectivity index (χ1n) is 9.24. The molecule has 0 saturated heterocycles. The van der Waals surface area contributed by atoms with E-state index in [1.165, 1.54) is 5.56 Å². The number of aromatic nitrogens is 2. The van der Waals surface area contributed by atoms with Gasteiger partial charge < -0.3 is 15.4 Å². The van der Waals surface area contributed by atoms with Crippen LogP contribution in [0.4, 0.5) is 0 Å². The molecule has 2 aromatic rings. The highest BCUT2D eigenvalue weighted by Crippen LogP contribution is 2.18. The average molecular weight is 358 g/mol. The predicted octanol–water partition coefficient (Wildman–Crippen LogP) is 3.27. The number of guanidine groups is 1. The third kappa shape index (κ3) is 6.10. The molecule has 0 amide bonds. The fourth-order valence-electron chi connectivity index (χ4n) is 2.44. The molecule has 0 radical (unpaired) electrons. The molecule has 1 aromatic heterocycles. The Kier molecular flexibility index (Phi) is 7.51. The van der Waals surface area contributed by atoms with E-state index in [1.54, 1.807) is 6.20 Å². The van der Waals surface area contributed by atoms with Crippen LogP contribution in [0.2, 0.25) is 0 Å². The molecule has 0 bridgehead atoms. The van der Waals surface area contributed by atoms with Crippen LogP contribution < -0.4 is 15.4 Å². The van der Waals surface area contributed by atoms with Crippen molar-refractivity contribution in [3.63, 3.8) is 0 Å². The summed E-state index contributed by atoms with van der Waals surface area (Å²) in [6, 6.07) is 10.4. The summed E-state index contributed by atoms with van der Waals surface area (Å²) in [4.78, 5) is 4.66. The van der Waals surface area contributed by atoms with Gasteiger partial charge in [-0.15, -0.1) is 0 Å². The normalized spacial score (nSPS) is 12.9. The number of rotatable bonds is 8. The summed E-state index contributed by atoms with van der Waals surface area (Å²) in [5.74, 6) is 2.22. The zero-order chi connectivity index (χ0) is 18.9. The zero-order valence-corrected chi connectivity index (χ0v) is 16.5. The van der Waals surface area contributed by atoms with Gasteiger partial charge in [0.1, 0.15) is 5.75 Å². The largest absolute Gasteiger partial charge is 0.493 e. The van der Waals surface area contributed by atoms with Crippen LogP contribution in [0.3, 0.4) is 0 Å². The highest BCUT2D eigenvalue weighted by atomic mass is 16.5. The van der Waals surface area contributed by atoms with E-state index >= 15 is 0 Å². The maximum absolute atomic E-state index is 5.75. The lowest BCUT2D eigenvalue weighted by atomic mass is 10.1. The van der Waals surface area contributed by atoms with E-state index in [0.29, 0.717) is 12.5 Å². The summed E-state index contributed by atoms with van der Waals surface area (Å²) in [7, 11) is 1.93. The van der Waals surface area contributed by atoms with Crippen molar-refractivity contribution < 1.29 is 4.74 Å². The van der Waals surface area contributed by atoms with Gasteiger partial charge in [0.2, 0.25) is 0 Å². The van der Waals surface area contributed by atoms with Gasteiger partial charge in [0.05, 0.1) is 24.9 Å². The number of ether oxygens (including phenoxy) is 1. The van der Waals surface area contributed by atoms with Crippen molar-refractivity contribution in [2.24, 2.45) is 18.0 Å². The van der Waals surface area contributed by atoms with Crippen molar-refractivity contribution >= 4 is 5.96 Å². The summed E-state index contributed by atoms with van der Waals surface area (Å²) in [6.45, 7) is 10.6. The maximum atomic E-state index is 5.75. The molecule has 142 valence electrons. The van der Waals surface area contributed by atoms with E-state index in [4.69, 9.17) is 4.74 Å². The molecule has 1 atom stereocenters. The first kappa shape index (κ1) is 19.8. The van der Waals surface area contributed by atoms with Gasteiger partial charge in [0, 0.05) is 19.8 Å². The molecule has 1 heterocycles. The first-order valence-corrected chi connectivity index (χ1v) is 9.24. The van der Waals surface area contributed by atoms with Crippen LogP contribution in [0.15, 0.2) is 41.5 Å². The number of nitrogens with one attached hydrogen (secondary N) is 2. The van der Waals surface area contributed by atoms with Gasteiger partial charge in [-0.25, -0.2) is 4.99 Å². The van der Waals surface area contributed by atoms with E-state index in [0.717, 1.165) is 30.6 Å². The molecule has 0 saturated carbocycles. The molecule has 1 aromatic carbocycles. The lowest BCUT2D eigenvalue weighted by Gasteiger charge is -2.18. The zero-order valence-electron chi connectivity index (χ0n) is 16.5. The minimum atomic E-state index is 0.137. The van der Waals surface area contributed by atoms with E-state index in [2.05, 4.69) is 60.6 Å². The van der Waals surface area contributed by atoms with Crippen LogP contribution in [0.1, 0.15) is 45.0 Å². The van der Waals surface area contributed by atoms with E-state index in [1.807, 2.05) is 29.9 Å². The standard InChI is InChI=1S/C20H31N5O/c1-6-21-20(22-13-18-11-12-23-25(18)5)24-16(4)17-7-9-19(10-8-17)26-14-15(2)3/h7-12,15-16H,6,13-14H2,1-5H3,(H2,21,22,24). The van der Waals surface area contributed by atoms with Crippen LogP contribution in [-0.2, 0) is 13.6 Å². The molecule has 0 aliphatic rings. The topological polar surface area (TPSA) is 63.5 Å². The number of hydrogen-bond donors (Lipinski definition) is 2. The van der Waals surface area contributed by atoms with Gasteiger partial charge in [0.15, 0.2) is 5.96 Å². The quantitative estimate of drug-likeness (QED) is 0.562. The van der Waals surface area contributed by atoms with Crippen LogP contribution in [-0.4, -0.2) is 28.9 Å². The lowest BCUT2D eigenvalue weighted by molar-refractivity contribution is 0.271. The van der Waals surface area contributed by atoms with E-state index < -0.39 is 0 Å². The molecule has 1 unspecified atom stereocenters. The molecule has 6 nitrogen and oxygen atoms in total.